The quantitative estimate of drug-likeness (QED) is 0.511. The molecule has 0 saturated heterocycles. The summed E-state index contributed by atoms with van der Waals surface area (Å²) >= 11 is 3.26. The highest BCUT2D eigenvalue weighted by atomic mass is 79.9. The molecule has 0 heterocycles. The van der Waals surface area contributed by atoms with Crippen LogP contribution in [0.25, 0.3) is 0 Å². The van der Waals surface area contributed by atoms with Crippen LogP contribution in [0.4, 0.5) is 5.69 Å². The predicted molar refractivity (Wildman–Crippen MR) is 63.0 cm³/mol. The molecule has 0 radical (unpaired) electrons. The summed E-state index contributed by atoms with van der Waals surface area (Å²) in [6.07, 6.45) is 1.33. The zero-order valence-electron chi connectivity index (χ0n) is 8.22. The summed E-state index contributed by atoms with van der Waals surface area (Å²) in [5.74, 6) is 0.158. The fourth-order valence-corrected chi connectivity index (χ4v) is 1.84. The molecule has 0 atom stereocenters. The van der Waals surface area contributed by atoms with E-state index < -0.39 is 0 Å². The average molecular weight is 256 g/mol. The highest BCUT2D eigenvalue weighted by Crippen LogP contribution is 2.19. The molecule has 1 aromatic carbocycles. The van der Waals surface area contributed by atoms with Gasteiger partial charge in [-0.3, -0.25) is 4.79 Å². The van der Waals surface area contributed by atoms with Crippen molar-refractivity contribution in [2.24, 2.45) is 0 Å². The van der Waals surface area contributed by atoms with E-state index >= 15 is 0 Å². The molecule has 0 aromatic heterocycles. The summed E-state index contributed by atoms with van der Waals surface area (Å²) in [4.78, 5) is 11.7. The van der Waals surface area contributed by atoms with Crippen molar-refractivity contribution in [3.63, 3.8) is 0 Å². The van der Waals surface area contributed by atoms with Crippen molar-refractivity contribution in [2.75, 3.05) is 11.1 Å². The van der Waals surface area contributed by atoms with E-state index in [0.717, 1.165) is 17.5 Å². The molecular weight excluding hydrogens is 242 g/mol. The SMILES string of the molecule is CCc1c(N)cccc1C(=O)CCBr. The first-order valence-electron chi connectivity index (χ1n) is 4.67. The molecule has 0 saturated carbocycles. The largest absolute Gasteiger partial charge is 0.398 e. The standard InChI is InChI=1S/C11H14BrNO/c1-2-8-9(11(14)6-7-12)4-3-5-10(8)13/h3-5H,2,6-7,13H2,1H3. The second-order valence-corrected chi connectivity index (χ2v) is 3.88. The molecule has 1 rings (SSSR count). The van der Waals surface area contributed by atoms with Gasteiger partial charge in [-0.2, -0.15) is 0 Å². The number of nitrogens with two attached hydrogens (primary N) is 1. The van der Waals surface area contributed by atoms with E-state index in [4.69, 9.17) is 5.73 Å². The molecule has 0 spiro atoms. The van der Waals surface area contributed by atoms with E-state index in [9.17, 15) is 4.79 Å². The minimum absolute atomic E-state index is 0.158. The van der Waals surface area contributed by atoms with Gasteiger partial charge in [0.25, 0.3) is 0 Å². The van der Waals surface area contributed by atoms with Crippen LogP contribution in [0.5, 0.6) is 0 Å². The lowest BCUT2D eigenvalue weighted by molar-refractivity contribution is 0.0989. The molecule has 2 nitrogen and oxygen atoms in total. The van der Waals surface area contributed by atoms with Crippen LogP contribution in [-0.2, 0) is 6.42 Å². The fourth-order valence-electron chi connectivity index (χ4n) is 1.48. The van der Waals surface area contributed by atoms with Crippen molar-refractivity contribution in [1.82, 2.24) is 0 Å². The molecule has 2 N–H and O–H groups in total. The summed E-state index contributed by atoms with van der Waals surface area (Å²) in [6, 6.07) is 5.51. The fraction of sp³-hybridized carbons (Fsp3) is 0.364. The Morgan fingerprint density at radius 3 is 2.79 bits per heavy atom. The third-order valence-corrected chi connectivity index (χ3v) is 2.58. The number of alkyl halides is 1. The number of ketones is 1. The van der Waals surface area contributed by atoms with Gasteiger partial charge in [-0.25, -0.2) is 0 Å². The van der Waals surface area contributed by atoms with Gasteiger partial charge in [0.05, 0.1) is 0 Å². The Morgan fingerprint density at radius 2 is 2.21 bits per heavy atom. The van der Waals surface area contributed by atoms with Crippen LogP contribution < -0.4 is 5.73 Å². The van der Waals surface area contributed by atoms with Gasteiger partial charge in [-0.1, -0.05) is 35.0 Å². The second-order valence-electron chi connectivity index (χ2n) is 3.09. The Bertz CT molecular complexity index is 336. The van der Waals surface area contributed by atoms with E-state index in [-0.39, 0.29) is 5.78 Å². The van der Waals surface area contributed by atoms with Crippen molar-refractivity contribution in [3.8, 4) is 0 Å². The van der Waals surface area contributed by atoms with Gasteiger partial charge in [0.15, 0.2) is 5.78 Å². The van der Waals surface area contributed by atoms with Crippen molar-refractivity contribution in [3.05, 3.63) is 29.3 Å². The second kappa shape index (κ2) is 5.15. The smallest absolute Gasteiger partial charge is 0.164 e. The normalized spacial score (nSPS) is 10.1. The topological polar surface area (TPSA) is 43.1 Å². The number of hydrogen-bond donors (Lipinski definition) is 1. The van der Waals surface area contributed by atoms with Crippen molar-refractivity contribution < 1.29 is 4.79 Å². The zero-order chi connectivity index (χ0) is 10.6. The Morgan fingerprint density at radius 1 is 1.50 bits per heavy atom. The number of carbonyl (C=O) groups excluding carboxylic acids is 1. The first-order chi connectivity index (χ1) is 6.70. The van der Waals surface area contributed by atoms with Crippen molar-refractivity contribution in [1.29, 1.82) is 0 Å². The summed E-state index contributed by atoms with van der Waals surface area (Å²) in [5.41, 5.74) is 8.26. The van der Waals surface area contributed by atoms with Crippen LogP contribution in [0, 0.1) is 0 Å². The number of nitrogen functional groups attached to an aromatic ring is 1. The Kier molecular flexibility index (Phi) is 4.14. The molecule has 0 aliphatic rings. The van der Waals surface area contributed by atoms with Gasteiger partial charge in [0, 0.05) is 23.0 Å². The van der Waals surface area contributed by atoms with Crippen LogP contribution in [0.3, 0.4) is 0 Å². The third kappa shape index (κ3) is 2.35. The number of carbonyl (C=O) groups is 1. The van der Waals surface area contributed by atoms with Crippen molar-refractivity contribution >= 4 is 27.4 Å². The van der Waals surface area contributed by atoms with Gasteiger partial charge >= 0.3 is 0 Å². The molecule has 0 fully saturated rings. The van der Waals surface area contributed by atoms with E-state index in [2.05, 4.69) is 15.9 Å². The van der Waals surface area contributed by atoms with E-state index in [1.54, 1.807) is 0 Å². The molecule has 14 heavy (non-hydrogen) atoms. The molecule has 1 aromatic rings. The minimum atomic E-state index is 0.158. The summed E-state index contributed by atoms with van der Waals surface area (Å²) < 4.78 is 0. The number of halogens is 1. The molecule has 0 bridgehead atoms. The van der Waals surface area contributed by atoms with Gasteiger partial charge in [-0.15, -0.1) is 0 Å². The zero-order valence-corrected chi connectivity index (χ0v) is 9.80. The summed E-state index contributed by atoms with van der Waals surface area (Å²) in [5, 5.41) is 0.698. The minimum Gasteiger partial charge on any atom is -0.398 e. The molecule has 0 aliphatic carbocycles. The van der Waals surface area contributed by atoms with Crippen LogP contribution in [0.1, 0.15) is 29.3 Å². The number of anilines is 1. The number of benzene rings is 1. The van der Waals surface area contributed by atoms with E-state index in [1.807, 2.05) is 25.1 Å². The first kappa shape index (κ1) is 11.2. The van der Waals surface area contributed by atoms with Gasteiger partial charge in [-0.05, 0) is 18.1 Å². The van der Waals surface area contributed by atoms with E-state index in [1.165, 1.54) is 0 Å². The number of rotatable bonds is 4. The lowest BCUT2D eigenvalue weighted by atomic mass is 9.99. The van der Waals surface area contributed by atoms with Crippen molar-refractivity contribution in [2.45, 2.75) is 19.8 Å². The monoisotopic (exact) mass is 255 g/mol. The van der Waals surface area contributed by atoms with Crippen LogP contribution in [0.2, 0.25) is 0 Å². The number of Topliss-reactive ketones (excluding diaryl/α,β-unsaturated/α-hetero) is 1. The molecule has 0 unspecified atom stereocenters. The van der Waals surface area contributed by atoms with Crippen LogP contribution in [-0.4, -0.2) is 11.1 Å². The van der Waals surface area contributed by atoms with Crippen LogP contribution >= 0.6 is 15.9 Å². The maximum atomic E-state index is 11.7. The van der Waals surface area contributed by atoms with Crippen LogP contribution in [0.15, 0.2) is 18.2 Å². The number of hydrogen-bond acceptors (Lipinski definition) is 2. The Balaban J connectivity index is 3.07. The van der Waals surface area contributed by atoms with E-state index in [0.29, 0.717) is 17.4 Å². The molecule has 0 amide bonds. The Labute approximate surface area is 92.6 Å². The highest BCUT2D eigenvalue weighted by Gasteiger charge is 2.11. The lowest BCUT2D eigenvalue weighted by Gasteiger charge is -2.08. The molecule has 3 heteroatoms. The maximum Gasteiger partial charge on any atom is 0.164 e. The lowest BCUT2D eigenvalue weighted by Crippen LogP contribution is -2.06. The molecular formula is C11H14BrNO. The van der Waals surface area contributed by atoms with Gasteiger partial charge < -0.3 is 5.73 Å². The molecule has 0 aliphatic heterocycles. The van der Waals surface area contributed by atoms with Gasteiger partial charge in [0.2, 0.25) is 0 Å². The maximum absolute atomic E-state index is 11.7. The predicted octanol–water partition coefficient (Wildman–Crippen LogP) is 2.80. The summed E-state index contributed by atoms with van der Waals surface area (Å²) in [7, 11) is 0. The third-order valence-electron chi connectivity index (χ3n) is 2.19. The highest BCUT2D eigenvalue weighted by molar-refractivity contribution is 9.09. The summed E-state index contributed by atoms with van der Waals surface area (Å²) in [6.45, 7) is 2.01. The average Bonchev–Trinajstić information content (AvgIpc) is 2.17. The Hall–Kier alpha value is -0.830. The molecule has 76 valence electrons. The first-order valence-corrected chi connectivity index (χ1v) is 5.79. The van der Waals surface area contributed by atoms with Gasteiger partial charge in [0.1, 0.15) is 0 Å².